The molecule has 0 fully saturated rings. The lowest BCUT2D eigenvalue weighted by Crippen LogP contribution is -2.42. The molecular weight excluding hydrogens is 445 g/mol. The largest absolute Gasteiger partial charge is 0.573 e. The topological polar surface area (TPSA) is 33.7 Å². The van der Waals surface area contributed by atoms with Crippen molar-refractivity contribution >= 4 is 34.4 Å². The Bertz CT molecular complexity index is 1050. The van der Waals surface area contributed by atoms with Gasteiger partial charge in [-0.05, 0) is 77.6 Å². The van der Waals surface area contributed by atoms with Crippen LogP contribution in [0, 0.1) is 0 Å². The molecule has 0 aliphatic carbocycles. The number of hydrogen-bond acceptors (Lipinski definition) is 4. The van der Waals surface area contributed by atoms with E-state index in [4.69, 9.17) is 17.0 Å². The minimum absolute atomic E-state index is 0.0613. The molecule has 0 saturated carbocycles. The molecule has 31 heavy (non-hydrogen) atoms. The Labute approximate surface area is 187 Å². The Kier molecular flexibility index (Phi) is 6.06. The molecule has 162 valence electrons. The first-order valence-electron chi connectivity index (χ1n) is 9.48. The Morgan fingerprint density at radius 2 is 1.74 bits per heavy atom. The molecule has 2 heterocycles. The Balaban J connectivity index is 1.56. The maximum absolute atomic E-state index is 12.4. The number of hydrogen-bond donors (Lipinski definition) is 1. The van der Waals surface area contributed by atoms with Gasteiger partial charge in [0.25, 0.3) is 0 Å². The smallest absolute Gasteiger partial charge is 0.497 e. The second-order valence-electron chi connectivity index (χ2n) is 6.92. The average Bonchev–Trinajstić information content (AvgIpc) is 3.22. The van der Waals surface area contributed by atoms with E-state index in [9.17, 15) is 13.2 Å². The van der Waals surface area contributed by atoms with Crippen molar-refractivity contribution in [2.75, 3.05) is 19.0 Å². The molecule has 4 rings (SSSR count). The Morgan fingerprint density at radius 3 is 2.39 bits per heavy atom. The summed E-state index contributed by atoms with van der Waals surface area (Å²) in [6.07, 6.45) is -3.85. The van der Waals surface area contributed by atoms with Crippen molar-refractivity contribution in [3.8, 4) is 11.5 Å². The molecule has 0 amide bonds. The van der Waals surface area contributed by atoms with Crippen LogP contribution in [0.25, 0.3) is 0 Å². The van der Waals surface area contributed by atoms with E-state index in [-0.39, 0.29) is 11.8 Å². The van der Waals surface area contributed by atoms with Crippen LogP contribution in [0.1, 0.15) is 22.0 Å². The third-order valence-corrected chi connectivity index (χ3v) is 6.33. The summed E-state index contributed by atoms with van der Waals surface area (Å²) >= 11 is 7.42. The summed E-state index contributed by atoms with van der Waals surface area (Å²) < 4.78 is 46.3. The number of rotatable bonds is 4. The van der Waals surface area contributed by atoms with Gasteiger partial charge in [-0.25, -0.2) is 0 Å². The summed E-state index contributed by atoms with van der Waals surface area (Å²) in [7, 11) is 1.63. The quantitative estimate of drug-likeness (QED) is 0.479. The lowest BCUT2D eigenvalue weighted by molar-refractivity contribution is -0.274. The Morgan fingerprint density at radius 1 is 1.06 bits per heavy atom. The molecular formula is C22H19F3N2O2S2. The number of halogens is 3. The van der Waals surface area contributed by atoms with Crippen molar-refractivity contribution < 1.29 is 22.6 Å². The van der Waals surface area contributed by atoms with E-state index >= 15 is 0 Å². The SMILES string of the molecule is COc1ccc([C@@H]2c3ccsc3CCN2C(=S)Nc2ccc(OC(F)(F)F)cc2)cc1. The maximum atomic E-state index is 12.4. The fourth-order valence-electron chi connectivity index (χ4n) is 3.62. The first kappa shape index (κ1) is 21.5. The summed E-state index contributed by atoms with van der Waals surface area (Å²) in [5.74, 6) is 0.500. The molecule has 1 atom stereocenters. The number of alkyl halides is 3. The molecule has 2 aromatic carbocycles. The number of anilines is 1. The number of thiophene rings is 1. The molecule has 3 aromatic rings. The lowest BCUT2D eigenvalue weighted by atomic mass is 9.93. The van der Waals surface area contributed by atoms with Gasteiger partial charge in [0.05, 0.1) is 13.2 Å². The summed E-state index contributed by atoms with van der Waals surface area (Å²) in [6, 6.07) is 15.5. The van der Waals surface area contributed by atoms with Gasteiger partial charge in [0.15, 0.2) is 5.11 Å². The molecule has 0 spiro atoms. The van der Waals surface area contributed by atoms with Crippen molar-refractivity contribution in [3.63, 3.8) is 0 Å². The number of benzene rings is 2. The summed E-state index contributed by atoms with van der Waals surface area (Å²) in [5, 5.41) is 5.73. The molecule has 0 radical (unpaired) electrons. The second kappa shape index (κ2) is 8.76. The fraction of sp³-hybridized carbons (Fsp3) is 0.227. The molecule has 1 aliphatic rings. The normalized spacial score (nSPS) is 15.9. The van der Waals surface area contributed by atoms with Crippen LogP contribution in [-0.4, -0.2) is 30.0 Å². The maximum Gasteiger partial charge on any atom is 0.573 e. The van der Waals surface area contributed by atoms with Crippen LogP contribution in [0.5, 0.6) is 11.5 Å². The molecule has 1 aromatic heterocycles. The number of methoxy groups -OCH3 is 1. The summed E-state index contributed by atoms with van der Waals surface area (Å²) in [4.78, 5) is 3.43. The highest BCUT2D eigenvalue weighted by atomic mass is 32.1. The minimum Gasteiger partial charge on any atom is -0.497 e. The number of ether oxygens (including phenoxy) is 2. The molecule has 1 N–H and O–H groups in total. The predicted octanol–water partition coefficient (Wildman–Crippen LogP) is 6.00. The third kappa shape index (κ3) is 4.94. The van der Waals surface area contributed by atoms with Crippen LogP contribution in [0.3, 0.4) is 0 Å². The van der Waals surface area contributed by atoms with E-state index in [2.05, 4.69) is 26.4 Å². The molecule has 4 nitrogen and oxygen atoms in total. The van der Waals surface area contributed by atoms with Crippen LogP contribution >= 0.6 is 23.6 Å². The molecule has 0 unspecified atom stereocenters. The second-order valence-corrected chi connectivity index (χ2v) is 8.31. The fourth-order valence-corrected chi connectivity index (χ4v) is 4.83. The third-order valence-electron chi connectivity index (χ3n) is 5.00. The van der Waals surface area contributed by atoms with Gasteiger partial charge in [-0.1, -0.05) is 12.1 Å². The minimum atomic E-state index is -4.72. The van der Waals surface area contributed by atoms with Crippen molar-refractivity contribution in [1.82, 2.24) is 4.90 Å². The average molecular weight is 465 g/mol. The lowest BCUT2D eigenvalue weighted by Gasteiger charge is -2.38. The molecule has 1 aliphatic heterocycles. The van der Waals surface area contributed by atoms with Gasteiger partial charge >= 0.3 is 6.36 Å². The zero-order valence-electron chi connectivity index (χ0n) is 16.5. The number of nitrogens with zero attached hydrogens (tertiary/aromatic N) is 1. The number of fused-ring (bicyclic) bond motifs is 1. The van der Waals surface area contributed by atoms with Gasteiger partial charge in [0.2, 0.25) is 0 Å². The van der Waals surface area contributed by atoms with Crippen LogP contribution in [0.2, 0.25) is 0 Å². The summed E-state index contributed by atoms with van der Waals surface area (Å²) in [6.45, 7) is 0.727. The van der Waals surface area contributed by atoms with Crippen LogP contribution in [-0.2, 0) is 6.42 Å². The van der Waals surface area contributed by atoms with Crippen molar-refractivity contribution in [2.24, 2.45) is 0 Å². The van der Waals surface area contributed by atoms with Crippen LogP contribution in [0.15, 0.2) is 60.0 Å². The van der Waals surface area contributed by atoms with Gasteiger partial charge in [0.1, 0.15) is 11.5 Å². The number of nitrogens with one attached hydrogen (secondary N) is 1. The summed E-state index contributed by atoms with van der Waals surface area (Å²) in [5.41, 5.74) is 2.88. The van der Waals surface area contributed by atoms with Gasteiger partial charge in [-0.2, -0.15) is 0 Å². The molecule has 0 bridgehead atoms. The van der Waals surface area contributed by atoms with Crippen molar-refractivity contribution in [2.45, 2.75) is 18.8 Å². The van der Waals surface area contributed by atoms with Crippen LogP contribution < -0.4 is 14.8 Å². The van der Waals surface area contributed by atoms with Crippen molar-refractivity contribution in [3.05, 3.63) is 76.0 Å². The zero-order valence-corrected chi connectivity index (χ0v) is 18.1. The van der Waals surface area contributed by atoms with E-state index < -0.39 is 6.36 Å². The Hall–Kier alpha value is -2.78. The molecule has 0 saturated heterocycles. The monoisotopic (exact) mass is 464 g/mol. The van der Waals surface area contributed by atoms with E-state index in [0.29, 0.717) is 10.8 Å². The first-order valence-corrected chi connectivity index (χ1v) is 10.8. The highest BCUT2D eigenvalue weighted by Gasteiger charge is 2.32. The first-order chi connectivity index (χ1) is 14.8. The standard InChI is InChI=1S/C22H19F3N2O2S2/c1-28-16-6-2-14(3-7-16)20-18-11-13-31-19(18)10-12-27(20)21(30)26-15-4-8-17(9-5-15)29-22(23,24)25/h2-9,11,13,20H,10,12H2,1H3,(H,26,30)/t20-/m1/s1. The van der Waals surface area contributed by atoms with E-state index in [1.165, 1.54) is 34.7 Å². The highest BCUT2D eigenvalue weighted by Crippen LogP contribution is 2.38. The van der Waals surface area contributed by atoms with Crippen molar-refractivity contribution in [1.29, 1.82) is 0 Å². The van der Waals surface area contributed by atoms with Gasteiger partial charge in [-0.15, -0.1) is 24.5 Å². The van der Waals surface area contributed by atoms with Gasteiger partial charge < -0.3 is 19.7 Å². The highest BCUT2D eigenvalue weighted by molar-refractivity contribution is 7.80. The molecule has 9 heteroatoms. The van der Waals surface area contributed by atoms with E-state index in [1.807, 2.05) is 24.3 Å². The zero-order chi connectivity index (χ0) is 22.0. The van der Waals surface area contributed by atoms with Crippen LogP contribution in [0.4, 0.5) is 18.9 Å². The van der Waals surface area contributed by atoms with E-state index in [0.717, 1.165) is 24.3 Å². The predicted molar refractivity (Wildman–Crippen MR) is 119 cm³/mol. The van der Waals surface area contributed by atoms with Gasteiger partial charge in [0, 0.05) is 17.1 Å². The van der Waals surface area contributed by atoms with E-state index in [1.54, 1.807) is 18.4 Å². The number of thiocarbonyl (C=S) groups is 1. The van der Waals surface area contributed by atoms with Gasteiger partial charge in [-0.3, -0.25) is 0 Å².